The molecule has 2 unspecified atom stereocenters. The number of halogens is 4. The number of piperidine rings is 1. The van der Waals surface area contributed by atoms with Crippen molar-refractivity contribution < 1.29 is 31.2 Å². The first-order valence-electron chi connectivity index (χ1n) is 10.8. The van der Waals surface area contributed by atoms with Crippen LogP contribution in [0.2, 0.25) is 0 Å². The second kappa shape index (κ2) is 12.7. The number of hydrogen-bond acceptors (Lipinski definition) is 6. The summed E-state index contributed by atoms with van der Waals surface area (Å²) in [6, 6.07) is 2.37. The minimum atomic E-state index is -4.92. The van der Waals surface area contributed by atoms with Gasteiger partial charge in [-0.3, -0.25) is 9.59 Å². The van der Waals surface area contributed by atoms with Gasteiger partial charge in [-0.05, 0) is 44.0 Å². The van der Waals surface area contributed by atoms with Gasteiger partial charge in [0.15, 0.2) is 0 Å². The van der Waals surface area contributed by atoms with E-state index in [-0.39, 0.29) is 31.2 Å². The van der Waals surface area contributed by atoms with Gasteiger partial charge in [-0.2, -0.15) is 13.2 Å². The summed E-state index contributed by atoms with van der Waals surface area (Å²) in [7, 11) is -4.52. The molecule has 6 N–H and O–H groups in total. The molecule has 0 radical (unpaired) electrons. The van der Waals surface area contributed by atoms with Crippen LogP contribution in [-0.4, -0.2) is 57.8 Å². The molecule has 34 heavy (non-hydrogen) atoms. The molecule has 14 heteroatoms. The lowest BCUT2D eigenvalue weighted by atomic mass is 10.0. The number of carbonyl (C=O) groups excluding carboxylic acids is 2. The van der Waals surface area contributed by atoms with Crippen LogP contribution in [0, 0.1) is 0 Å². The Hall–Kier alpha value is -1.93. The summed E-state index contributed by atoms with van der Waals surface area (Å²) >= 11 is 5.75. The van der Waals surface area contributed by atoms with E-state index in [1.165, 1.54) is 0 Å². The number of nitrogens with one attached hydrogen (secondary N) is 4. The second-order valence-electron chi connectivity index (χ2n) is 7.90. The van der Waals surface area contributed by atoms with E-state index in [9.17, 15) is 31.2 Å². The normalized spacial score (nSPS) is 17.7. The fourth-order valence-electron chi connectivity index (χ4n) is 3.41. The van der Waals surface area contributed by atoms with E-state index in [0.717, 1.165) is 37.9 Å². The molecule has 1 aliphatic rings. The van der Waals surface area contributed by atoms with Gasteiger partial charge in [0.2, 0.25) is 21.8 Å². The Morgan fingerprint density at radius 3 is 2.59 bits per heavy atom. The molecule has 0 aromatic heterocycles. The molecule has 1 saturated heterocycles. The third kappa shape index (κ3) is 9.02. The third-order valence-corrected chi connectivity index (χ3v) is 7.00. The zero-order chi connectivity index (χ0) is 25.4. The van der Waals surface area contributed by atoms with Crippen LogP contribution in [0.4, 0.5) is 18.9 Å². The van der Waals surface area contributed by atoms with E-state index < -0.39 is 50.4 Å². The zero-order valence-electron chi connectivity index (χ0n) is 18.4. The Bertz CT molecular complexity index is 956. The molecule has 9 nitrogen and oxygen atoms in total. The molecule has 0 bridgehead atoms. The average Bonchev–Trinajstić information content (AvgIpc) is 2.77. The maximum atomic E-state index is 13.5. The van der Waals surface area contributed by atoms with Gasteiger partial charge in [0.25, 0.3) is 0 Å². The van der Waals surface area contributed by atoms with Crippen molar-refractivity contribution in [1.29, 1.82) is 0 Å². The summed E-state index contributed by atoms with van der Waals surface area (Å²) in [4.78, 5) is 22.8. The maximum absolute atomic E-state index is 13.5. The van der Waals surface area contributed by atoms with Crippen LogP contribution < -0.4 is 26.4 Å². The summed E-state index contributed by atoms with van der Waals surface area (Å²) in [5.74, 6) is -1.29. The fraction of sp³-hybridized carbons (Fsp3) is 0.600. The quantitative estimate of drug-likeness (QED) is 0.276. The van der Waals surface area contributed by atoms with Crippen molar-refractivity contribution in [2.45, 2.75) is 54.6 Å². The molecule has 1 aromatic rings. The monoisotopic (exact) mass is 527 g/mol. The van der Waals surface area contributed by atoms with E-state index in [2.05, 4.69) is 20.7 Å². The highest BCUT2D eigenvalue weighted by atomic mass is 35.5. The predicted molar refractivity (Wildman–Crippen MR) is 122 cm³/mol. The Labute approximate surface area is 201 Å². The number of anilines is 1. The predicted octanol–water partition coefficient (Wildman–Crippen LogP) is 1.53. The molecule has 1 aliphatic heterocycles. The van der Waals surface area contributed by atoms with E-state index >= 15 is 0 Å². The highest BCUT2D eigenvalue weighted by Gasteiger charge is 2.37. The fourth-order valence-corrected chi connectivity index (χ4v) is 4.85. The Morgan fingerprint density at radius 2 is 1.97 bits per heavy atom. The third-order valence-electron chi connectivity index (χ3n) is 5.17. The molecule has 1 heterocycles. The zero-order valence-corrected chi connectivity index (χ0v) is 20.0. The highest BCUT2D eigenvalue weighted by molar-refractivity contribution is 7.89. The Morgan fingerprint density at radius 1 is 1.24 bits per heavy atom. The molecule has 1 fully saturated rings. The number of sulfonamides is 1. The number of benzene rings is 1. The van der Waals surface area contributed by atoms with Crippen molar-refractivity contribution in [3.05, 3.63) is 23.8 Å². The van der Waals surface area contributed by atoms with E-state index in [0.29, 0.717) is 12.5 Å². The highest BCUT2D eigenvalue weighted by Crippen LogP contribution is 2.35. The van der Waals surface area contributed by atoms with Crippen molar-refractivity contribution in [2.24, 2.45) is 5.73 Å². The van der Waals surface area contributed by atoms with Crippen molar-refractivity contribution in [3.8, 4) is 0 Å². The number of nitrogens with two attached hydrogens (primary N) is 1. The summed E-state index contributed by atoms with van der Waals surface area (Å²) in [6.45, 7) is 0.361. The first kappa shape index (κ1) is 28.3. The molecule has 2 rings (SSSR count). The van der Waals surface area contributed by atoms with Gasteiger partial charge < -0.3 is 21.7 Å². The molecule has 2 amide bonds. The average molecular weight is 528 g/mol. The number of hydrogen-bond donors (Lipinski definition) is 5. The minimum Gasteiger partial charge on any atom is -0.347 e. The Kier molecular flexibility index (Phi) is 10.6. The smallest absolute Gasteiger partial charge is 0.347 e. The van der Waals surface area contributed by atoms with Crippen LogP contribution in [0.25, 0.3) is 0 Å². The van der Waals surface area contributed by atoms with Crippen molar-refractivity contribution in [3.63, 3.8) is 0 Å². The van der Waals surface area contributed by atoms with Crippen LogP contribution >= 0.6 is 11.6 Å². The standard InChI is InChI=1S/C20H29ClF3N5O4S/c21-13(11-25)9-18(30)27-12-19(31)29-15-4-5-16(20(22,23)24)17(10-15)34(32,33)28-8-6-14-3-1-2-7-26-14/h4-5,10,13-14,26,28H,1-3,6-9,11-12,25H2,(H,27,30)(H,29,31). The largest absolute Gasteiger partial charge is 0.417 e. The van der Waals surface area contributed by atoms with Gasteiger partial charge in [-0.1, -0.05) is 6.42 Å². The van der Waals surface area contributed by atoms with Gasteiger partial charge in [0.1, 0.15) is 0 Å². The molecule has 0 spiro atoms. The number of alkyl halides is 4. The van der Waals surface area contributed by atoms with Gasteiger partial charge in [0.05, 0.1) is 22.4 Å². The lowest BCUT2D eigenvalue weighted by molar-refractivity contribution is -0.139. The molecule has 192 valence electrons. The van der Waals surface area contributed by atoms with Crippen LogP contribution in [0.5, 0.6) is 0 Å². The number of rotatable bonds is 11. The Balaban J connectivity index is 2.08. The molecular weight excluding hydrogens is 499 g/mol. The summed E-state index contributed by atoms with van der Waals surface area (Å²) in [5, 5.41) is 7.22. The molecule has 1 aromatic carbocycles. The van der Waals surface area contributed by atoms with Gasteiger partial charge >= 0.3 is 6.18 Å². The molecular formula is C20H29ClF3N5O4S. The summed E-state index contributed by atoms with van der Waals surface area (Å²) < 4.78 is 68.0. The first-order chi connectivity index (χ1) is 15.9. The maximum Gasteiger partial charge on any atom is 0.417 e. The second-order valence-corrected chi connectivity index (χ2v) is 10.3. The van der Waals surface area contributed by atoms with E-state index in [1.54, 1.807) is 0 Å². The van der Waals surface area contributed by atoms with Crippen molar-refractivity contribution in [1.82, 2.24) is 15.4 Å². The topological polar surface area (TPSA) is 142 Å². The van der Waals surface area contributed by atoms with E-state index in [1.807, 2.05) is 0 Å². The van der Waals surface area contributed by atoms with Gasteiger partial charge in [-0.25, -0.2) is 13.1 Å². The van der Waals surface area contributed by atoms with Crippen LogP contribution in [-0.2, 0) is 25.8 Å². The summed E-state index contributed by atoms with van der Waals surface area (Å²) in [6.07, 6.45) is -1.71. The molecule has 0 saturated carbocycles. The lowest BCUT2D eigenvalue weighted by Gasteiger charge is -2.23. The van der Waals surface area contributed by atoms with Crippen LogP contribution in [0.1, 0.15) is 37.7 Å². The van der Waals surface area contributed by atoms with Gasteiger partial charge in [0, 0.05) is 31.2 Å². The van der Waals surface area contributed by atoms with Crippen LogP contribution in [0.3, 0.4) is 0 Å². The number of amides is 2. The van der Waals surface area contributed by atoms with Crippen LogP contribution in [0.15, 0.2) is 23.1 Å². The SMILES string of the molecule is NCC(Cl)CC(=O)NCC(=O)Nc1ccc(C(F)(F)F)c(S(=O)(=O)NCCC2CCCCN2)c1. The van der Waals surface area contributed by atoms with E-state index in [4.69, 9.17) is 17.3 Å². The summed E-state index contributed by atoms with van der Waals surface area (Å²) in [5.41, 5.74) is 3.79. The molecule has 2 atom stereocenters. The minimum absolute atomic E-state index is 0.0374. The lowest BCUT2D eigenvalue weighted by Crippen LogP contribution is -2.37. The van der Waals surface area contributed by atoms with Gasteiger partial charge in [-0.15, -0.1) is 11.6 Å². The molecule has 0 aliphatic carbocycles. The van der Waals surface area contributed by atoms with Crippen molar-refractivity contribution in [2.75, 3.05) is 31.5 Å². The first-order valence-corrected chi connectivity index (χ1v) is 12.7. The number of carbonyl (C=O) groups is 2. The van der Waals surface area contributed by atoms with Crippen molar-refractivity contribution >= 4 is 39.1 Å².